The average Bonchev–Trinajstić information content (AvgIpc) is 2.57. The van der Waals surface area contributed by atoms with Crippen LogP contribution in [0.2, 0.25) is 0 Å². The summed E-state index contributed by atoms with van der Waals surface area (Å²) < 4.78 is 14.7. The van der Waals surface area contributed by atoms with E-state index in [1.807, 2.05) is 30.3 Å². The van der Waals surface area contributed by atoms with Crippen LogP contribution in [0.4, 0.5) is 4.79 Å². The van der Waals surface area contributed by atoms with Crippen molar-refractivity contribution in [1.29, 1.82) is 0 Å². The molecule has 0 heterocycles. The van der Waals surface area contributed by atoms with Crippen molar-refractivity contribution in [2.45, 2.75) is 39.5 Å². The van der Waals surface area contributed by atoms with E-state index >= 15 is 0 Å². The molecule has 24 heavy (non-hydrogen) atoms. The van der Waals surface area contributed by atoms with Gasteiger partial charge in [0.05, 0.1) is 7.11 Å². The Morgan fingerprint density at radius 3 is 2.21 bits per heavy atom. The van der Waals surface area contributed by atoms with E-state index in [4.69, 9.17) is 9.47 Å². The standard InChI is InChI=1S/C17H23NO6/c1-11(2)14(16(20)22-4)24-15(19)12(3)18-17(21)23-10-13-8-6-5-7-9-13/h5-9,11-12,14H,10H2,1-4H3,(H,18,21)/t12-,14-/m0/s1. The first-order chi connectivity index (χ1) is 11.3. The topological polar surface area (TPSA) is 90.9 Å². The van der Waals surface area contributed by atoms with Crippen LogP contribution >= 0.6 is 0 Å². The first kappa shape index (κ1) is 19.5. The van der Waals surface area contributed by atoms with Crippen LogP contribution in [0.5, 0.6) is 0 Å². The van der Waals surface area contributed by atoms with Gasteiger partial charge in [-0.2, -0.15) is 0 Å². The molecular formula is C17H23NO6. The Balaban J connectivity index is 2.47. The summed E-state index contributed by atoms with van der Waals surface area (Å²) in [4.78, 5) is 35.3. The first-order valence-corrected chi connectivity index (χ1v) is 7.60. The summed E-state index contributed by atoms with van der Waals surface area (Å²) in [5, 5.41) is 2.36. The molecule has 7 nitrogen and oxygen atoms in total. The Hall–Kier alpha value is -2.57. The van der Waals surface area contributed by atoms with Crippen molar-refractivity contribution in [1.82, 2.24) is 5.32 Å². The highest BCUT2D eigenvalue weighted by Crippen LogP contribution is 2.10. The lowest BCUT2D eigenvalue weighted by Crippen LogP contribution is -2.43. The Kier molecular flexibility index (Phi) is 7.74. The van der Waals surface area contributed by atoms with E-state index in [2.05, 4.69) is 10.1 Å². The molecule has 1 aromatic carbocycles. The molecular weight excluding hydrogens is 314 g/mol. The zero-order valence-corrected chi connectivity index (χ0v) is 14.3. The minimum absolute atomic E-state index is 0.0885. The van der Waals surface area contributed by atoms with Crippen molar-refractivity contribution >= 4 is 18.0 Å². The van der Waals surface area contributed by atoms with Gasteiger partial charge in [-0.1, -0.05) is 44.2 Å². The smallest absolute Gasteiger partial charge is 0.408 e. The molecule has 0 aromatic heterocycles. The normalized spacial score (nSPS) is 12.9. The van der Waals surface area contributed by atoms with Crippen LogP contribution in [0.15, 0.2) is 30.3 Å². The zero-order chi connectivity index (χ0) is 18.1. The SMILES string of the molecule is COC(=O)[C@@H](OC(=O)[C@H](C)NC(=O)OCc1ccccc1)C(C)C. The van der Waals surface area contributed by atoms with E-state index in [1.165, 1.54) is 14.0 Å². The molecule has 0 saturated heterocycles. The third-order valence-corrected chi connectivity index (χ3v) is 3.18. The van der Waals surface area contributed by atoms with Gasteiger partial charge in [0.15, 0.2) is 0 Å². The Bertz CT molecular complexity index is 557. The third kappa shape index (κ3) is 6.28. The highest BCUT2D eigenvalue weighted by atomic mass is 16.6. The Labute approximate surface area is 141 Å². The number of amides is 1. The van der Waals surface area contributed by atoms with Crippen molar-refractivity contribution in [3.8, 4) is 0 Å². The maximum absolute atomic E-state index is 12.0. The minimum atomic E-state index is -1.02. The fraction of sp³-hybridized carbons (Fsp3) is 0.471. The van der Waals surface area contributed by atoms with Gasteiger partial charge in [0, 0.05) is 5.92 Å². The average molecular weight is 337 g/mol. The van der Waals surface area contributed by atoms with Gasteiger partial charge in [-0.15, -0.1) is 0 Å². The van der Waals surface area contributed by atoms with Crippen LogP contribution in [0.3, 0.4) is 0 Å². The molecule has 0 spiro atoms. The summed E-state index contributed by atoms with van der Waals surface area (Å²) in [6.45, 7) is 4.98. The van der Waals surface area contributed by atoms with Crippen LogP contribution in [-0.2, 0) is 30.4 Å². The summed E-state index contributed by atoms with van der Waals surface area (Å²) in [6.07, 6.45) is -1.77. The van der Waals surface area contributed by atoms with E-state index < -0.39 is 30.2 Å². The number of benzene rings is 1. The fourth-order valence-corrected chi connectivity index (χ4v) is 1.80. The minimum Gasteiger partial charge on any atom is -0.466 e. The number of methoxy groups -OCH3 is 1. The van der Waals surface area contributed by atoms with Gasteiger partial charge in [0.25, 0.3) is 0 Å². The lowest BCUT2D eigenvalue weighted by Gasteiger charge is -2.21. The predicted octanol–water partition coefficient (Wildman–Crippen LogP) is 2.04. The maximum atomic E-state index is 12.0. The molecule has 132 valence electrons. The van der Waals surface area contributed by atoms with Gasteiger partial charge < -0.3 is 19.5 Å². The molecule has 1 rings (SSSR count). The molecule has 7 heteroatoms. The molecule has 0 aliphatic heterocycles. The second kappa shape index (κ2) is 9.54. The number of ether oxygens (including phenoxy) is 3. The maximum Gasteiger partial charge on any atom is 0.408 e. The highest BCUT2D eigenvalue weighted by Gasteiger charge is 2.29. The van der Waals surface area contributed by atoms with E-state index in [0.29, 0.717) is 0 Å². The highest BCUT2D eigenvalue weighted by molar-refractivity contribution is 5.84. The van der Waals surface area contributed by atoms with Crippen LogP contribution in [-0.4, -0.2) is 37.3 Å². The van der Waals surface area contributed by atoms with Crippen LogP contribution in [0.1, 0.15) is 26.3 Å². The fourth-order valence-electron chi connectivity index (χ4n) is 1.80. The molecule has 0 radical (unpaired) electrons. The Morgan fingerprint density at radius 1 is 1.04 bits per heavy atom. The third-order valence-electron chi connectivity index (χ3n) is 3.18. The second-order valence-corrected chi connectivity index (χ2v) is 5.55. The largest absolute Gasteiger partial charge is 0.466 e. The van der Waals surface area contributed by atoms with Crippen LogP contribution in [0.25, 0.3) is 0 Å². The quantitative estimate of drug-likeness (QED) is 0.605. The summed E-state index contributed by atoms with van der Waals surface area (Å²) in [7, 11) is 1.22. The zero-order valence-electron chi connectivity index (χ0n) is 14.3. The lowest BCUT2D eigenvalue weighted by molar-refractivity contribution is -0.170. The monoisotopic (exact) mass is 337 g/mol. The van der Waals surface area contributed by atoms with Crippen molar-refractivity contribution in [2.75, 3.05) is 7.11 Å². The number of carbonyl (C=O) groups excluding carboxylic acids is 3. The predicted molar refractivity (Wildman–Crippen MR) is 86.0 cm³/mol. The molecule has 0 aliphatic rings. The number of esters is 2. The van der Waals surface area contributed by atoms with E-state index in [0.717, 1.165) is 5.56 Å². The number of nitrogens with one attached hydrogen (secondary N) is 1. The van der Waals surface area contributed by atoms with Gasteiger partial charge in [-0.25, -0.2) is 14.4 Å². The molecule has 0 fully saturated rings. The number of alkyl carbamates (subject to hydrolysis) is 1. The van der Waals surface area contributed by atoms with E-state index in [1.54, 1.807) is 13.8 Å². The molecule has 0 saturated carbocycles. The van der Waals surface area contributed by atoms with Gasteiger partial charge in [0.1, 0.15) is 12.6 Å². The van der Waals surface area contributed by atoms with Gasteiger partial charge in [-0.05, 0) is 12.5 Å². The molecule has 0 aliphatic carbocycles. The first-order valence-electron chi connectivity index (χ1n) is 7.60. The lowest BCUT2D eigenvalue weighted by atomic mass is 10.1. The number of carbonyl (C=O) groups is 3. The summed E-state index contributed by atoms with van der Waals surface area (Å²) in [6, 6.07) is 8.18. The number of rotatable bonds is 7. The second-order valence-electron chi connectivity index (χ2n) is 5.55. The van der Waals surface area contributed by atoms with Crippen molar-refractivity contribution in [3.05, 3.63) is 35.9 Å². The summed E-state index contributed by atoms with van der Waals surface area (Å²) in [5.74, 6) is -1.63. The summed E-state index contributed by atoms with van der Waals surface area (Å²) >= 11 is 0. The summed E-state index contributed by atoms with van der Waals surface area (Å²) in [5.41, 5.74) is 0.827. The van der Waals surface area contributed by atoms with E-state index in [-0.39, 0.29) is 12.5 Å². The molecule has 1 N–H and O–H groups in total. The van der Waals surface area contributed by atoms with Gasteiger partial charge in [-0.3, -0.25) is 0 Å². The Morgan fingerprint density at radius 2 is 1.67 bits per heavy atom. The van der Waals surface area contributed by atoms with E-state index in [9.17, 15) is 14.4 Å². The van der Waals surface area contributed by atoms with Gasteiger partial charge in [0.2, 0.25) is 6.10 Å². The van der Waals surface area contributed by atoms with Crippen molar-refractivity contribution in [3.63, 3.8) is 0 Å². The van der Waals surface area contributed by atoms with Crippen molar-refractivity contribution < 1.29 is 28.6 Å². The van der Waals surface area contributed by atoms with Crippen LogP contribution < -0.4 is 5.32 Å². The molecule has 0 bridgehead atoms. The molecule has 2 atom stereocenters. The molecule has 1 amide bonds. The van der Waals surface area contributed by atoms with Gasteiger partial charge >= 0.3 is 18.0 Å². The van der Waals surface area contributed by atoms with Crippen LogP contribution in [0, 0.1) is 5.92 Å². The molecule has 1 aromatic rings. The number of hydrogen-bond acceptors (Lipinski definition) is 6. The number of hydrogen-bond donors (Lipinski definition) is 1. The van der Waals surface area contributed by atoms with Crippen molar-refractivity contribution in [2.24, 2.45) is 5.92 Å². The molecule has 0 unspecified atom stereocenters.